The quantitative estimate of drug-likeness (QED) is 0.415. The summed E-state index contributed by atoms with van der Waals surface area (Å²) in [7, 11) is 0. The van der Waals surface area contributed by atoms with E-state index in [2.05, 4.69) is 26.3 Å². The van der Waals surface area contributed by atoms with Crippen LogP contribution in [0.15, 0.2) is 50.6 Å². The second-order valence-corrected chi connectivity index (χ2v) is 4.82. The second-order valence-electron chi connectivity index (χ2n) is 4.82. The molecule has 0 saturated carbocycles. The third kappa shape index (κ3) is 2.12. The molecule has 0 saturated heterocycles. The van der Waals surface area contributed by atoms with Crippen LogP contribution in [0.1, 0.15) is 25.7 Å². The predicted octanol–water partition coefficient (Wildman–Crippen LogP) is 3.01. The highest BCUT2D eigenvalue weighted by Gasteiger charge is 2.63. The molecule has 0 aromatic heterocycles. The van der Waals surface area contributed by atoms with E-state index in [0.29, 0.717) is 25.7 Å². The van der Waals surface area contributed by atoms with Crippen LogP contribution < -0.4 is 0 Å². The first-order valence-electron chi connectivity index (χ1n) is 6.28. The highest BCUT2D eigenvalue weighted by molar-refractivity contribution is 5.54. The van der Waals surface area contributed by atoms with Crippen molar-refractivity contribution in [1.82, 2.24) is 5.06 Å². The Kier molecular flexibility index (Phi) is 4.72. The summed E-state index contributed by atoms with van der Waals surface area (Å²) in [5.74, 6) is 0. The van der Waals surface area contributed by atoms with E-state index in [1.165, 1.54) is 6.34 Å². The summed E-state index contributed by atoms with van der Waals surface area (Å²) < 4.78 is 0.809. The van der Waals surface area contributed by atoms with Crippen LogP contribution in [0.4, 0.5) is 0 Å². The lowest BCUT2D eigenvalue weighted by Gasteiger charge is -2.43. The van der Waals surface area contributed by atoms with Crippen LogP contribution in [0.3, 0.4) is 0 Å². The molecule has 0 aromatic rings. The molecule has 0 radical (unpaired) electrons. The third-order valence-electron chi connectivity index (χ3n) is 3.87. The summed E-state index contributed by atoms with van der Waals surface area (Å²) in [6, 6.07) is 0. The molecular formula is C15H22N2O2. The fraction of sp³-hybridized carbons (Fsp3) is 0.400. The van der Waals surface area contributed by atoms with Crippen LogP contribution in [0.25, 0.3) is 0 Å². The summed E-state index contributed by atoms with van der Waals surface area (Å²) in [5, 5.41) is 23.6. The van der Waals surface area contributed by atoms with Crippen LogP contribution in [0, 0.1) is 5.21 Å². The zero-order chi connectivity index (χ0) is 14.5. The van der Waals surface area contributed by atoms with E-state index >= 15 is 0 Å². The number of rotatable bonds is 8. The molecule has 4 heteroatoms. The molecule has 104 valence electrons. The Hall–Kier alpha value is -1.81. The average molecular weight is 262 g/mol. The first-order valence-corrected chi connectivity index (χ1v) is 6.28. The molecule has 1 N–H and O–H groups in total. The van der Waals surface area contributed by atoms with Crippen LogP contribution >= 0.6 is 0 Å². The zero-order valence-electron chi connectivity index (χ0n) is 11.3. The predicted molar refractivity (Wildman–Crippen MR) is 78.0 cm³/mol. The van der Waals surface area contributed by atoms with Gasteiger partial charge in [-0.25, -0.2) is 5.21 Å². The van der Waals surface area contributed by atoms with Crippen molar-refractivity contribution in [3.05, 3.63) is 55.8 Å². The van der Waals surface area contributed by atoms with E-state index in [1.807, 2.05) is 0 Å². The van der Waals surface area contributed by atoms with Gasteiger partial charge >= 0.3 is 0 Å². The van der Waals surface area contributed by atoms with Crippen molar-refractivity contribution in [3.8, 4) is 0 Å². The summed E-state index contributed by atoms with van der Waals surface area (Å²) >= 11 is 0. The van der Waals surface area contributed by atoms with Crippen LogP contribution in [0.5, 0.6) is 0 Å². The molecule has 0 spiro atoms. The molecule has 0 aromatic carbocycles. The number of hydroxylamine groups is 3. The minimum atomic E-state index is -0.840. The van der Waals surface area contributed by atoms with Crippen molar-refractivity contribution < 1.29 is 9.95 Å². The Balaban J connectivity index is 3.43. The van der Waals surface area contributed by atoms with Gasteiger partial charge in [0.15, 0.2) is 11.1 Å². The van der Waals surface area contributed by atoms with Crippen molar-refractivity contribution in [2.45, 2.75) is 36.8 Å². The standard InChI is InChI=1S/C15H22N2O2/c1-5-9-14(10-6-2)15(11-7-3,12-8-4)17(19)13-16(14)18/h5-8,13,18H,1-4,9-12H2. The van der Waals surface area contributed by atoms with Gasteiger partial charge in [-0.1, -0.05) is 24.3 Å². The monoisotopic (exact) mass is 262 g/mol. The van der Waals surface area contributed by atoms with Gasteiger partial charge in [0.05, 0.1) is 0 Å². The van der Waals surface area contributed by atoms with Crippen molar-refractivity contribution in [2.24, 2.45) is 0 Å². The second kappa shape index (κ2) is 5.89. The summed E-state index contributed by atoms with van der Waals surface area (Å²) in [6.07, 6.45) is 9.81. The number of hydrogen-bond donors (Lipinski definition) is 1. The van der Waals surface area contributed by atoms with Gasteiger partial charge in [0.2, 0.25) is 0 Å². The maximum atomic E-state index is 12.3. The molecule has 0 aliphatic carbocycles. The van der Waals surface area contributed by atoms with Gasteiger partial charge in [0.25, 0.3) is 6.34 Å². The van der Waals surface area contributed by atoms with Crippen LogP contribution in [-0.2, 0) is 0 Å². The van der Waals surface area contributed by atoms with Gasteiger partial charge in [-0.15, -0.1) is 31.4 Å². The normalized spacial score (nSPS) is 19.6. The molecule has 0 unspecified atom stereocenters. The van der Waals surface area contributed by atoms with Gasteiger partial charge in [-0.05, 0) is 0 Å². The van der Waals surface area contributed by atoms with Gasteiger partial charge in [-0.3, -0.25) is 4.74 Å². The van der Waals surface area contributed by atoms with E-state index in [4.69, 9.17) is 0 Å². The van der Waals surface area contributed by atoms with Crippen molar-refractivity contribution in [3.63, 3.8) is 0 Å². The van der Waals surface area contributed by atoms with Gasteiger partial charge in [0.1, 0.15) is 0 Å². The maximum absolute atomic E-state index is 12.3. The molecule has 0 bridgehead atoms. The van der Waals surface area contributed by atoms with E-state index in [0.717, 1.165) is 9.80 Å². The van der Waals surface area contributed by atoms with E-state index in [-0.39, 0.29) is 0 Å². The molecule has 1 aliphatic rings. The minimum Gasteiger partial charge on any atom is -0.715 e. The van der Waals surface area contributed by atoms with Gasteiger partial charge in [-0.2, -0.15) is 0 Å². The molecule has 1 aliphatic heterocycles. The molecular weight excluding hydrogens is 240 g/mol. The Morgan fingerprint density at radius 1 is 1.00 bits per heavy atom. The Labute approximate surface area is 114 Å². The first kappa shape index (κ1) is 15.2. The summed E-state index contributed by atoms with van der Waals surface area (Å²) in [4.78, 5) is 0. The minimum absolute atomic E-state index is 0.442. The summed E-state index contributed by atoms with van der Waals surface area (Å²) in [6.45, 7) is 14.9. The molecule has 1 rings (SSSR count). The van der Waals surface area contributed by atoms with Crippen LogP contribution in [0.2, 0.25) is 0 Å². The maximum Gasteiger partial charge on any atom is 0.268 e. The van der Waals surface area contributed by atoms with Gasteiger partial charge in [0, 0.05) is 25.7 Å². The topological polar surface area (TPSA) is 49.5 Å². The van der Waals surface area contributed by atoms with Crippen molar-refractivity contribution >= 4 is 6.34 Å². The fourth-order valence-electron chi connectivity index (χ4n) is 2.99. The molecule has 0 atom stereocenters. The first-order chi connectivity index (χ1) is 9.04. The lowest BCUT2D eigenvalue weighted by Crippen LogP contribution is -2.60. The molecule has 19 heavy (non-hydrogen) atoms. The van der Waals surface area contributed by atoms with Gasteiger partial charge < -0.3 is 5.21 Å². The van der Waals surface area contributed by atoms with Crippen molar-refractivity contribution in [1.29, 1.82) is 0 Å². The lowest BCUT2D eigenvalue weighted by atomic mass is 9.69. The van der Waals surface area contributed by atoms with E-state index < -0.39 is 11.1 Å². The van der Waals surface area contributed by atoms with E-state index in [1.54, 1.807) is 24.3 Å². The zero-order valence-corrected chi connectivity index (χ0v) is 11.3. The highest BCUT2D eigenvalue weighted by atomic mass is 16.5. The Bertz CT molecular complexity index is 392. The van der Waals surface area contributed by atoms with E-state index in [9.17, 15) is 10.4 Å². The Morgan fingerprint density at radius 2 is 1.42 bits per heavy atom. The van der Waals surface area contributed by atoms with Crippen molar-refractivity contribution in [2.75, 3.05) is 0 Å². The summed E-state index contributed by atoms with van der Waals surface area (Å²) in [5.41, 5.74) is -1.63. The molecule has 4 nitrogen and oxygen atoms in total. The Morgan fingerprint density at radius 3 is 1.79 bits per heavy atom. The largest absolute Gasteiger partial charge is 0.715 e. The number of hydrogen-bond acceptors (Lipinski definition) is 3. The number of nitrogens with zero attached hydrogens (tertiary/aromatic N) is 2. The lowest BCUT2D eigenvalue weighted by molar-refractivity contribution is -0.547. The highest BCUT2D eigenvalue weighted by Crippen LogP contribution is 2.45. The third-order valence-corrected chi connectivity index (χ3v) is 3.87. The molecule has 0 amide bonds. The fourth-order valence-corrected chi connectivity index (χ4v) is 2.99. The molecule has 1 heterocycles. The van der Waals surface area contributed by atoms with Crippen LogP contribution in [-0.4, -0.2) is 32.4 Å². The SMILES string of the molecule is C=CCC1(CC=C)N(O)C=[N+]([O-])C1(CC=C)CC=C. The average Bonchev–Trinajstić information content (AvgIpc) is 2.54. The smallest absolute Gasteiger partial charge is 0.268 e. The molecule has 0 fully saturated rings.